The second-order valence-electron chi connectivity index (χ2n) is 4.44. The molecule has 2 heterocycles. The molecule has 0 radical (unpaired) electrons. The third-order valence-electron chi connectivity index (χ3n) is 2.69. The smallest absolute Gasteiger partial charge is 0.194 e. The Labute approximate surface area is 122 Å². The van der Waals surface area contributed by atoms with E-state index in [1.54, 1.807) is 0 Å². The van der Waals surface area contributed by atoms with E-state index < -0.39 is 0 Å². The molecular weight excluding hydrogens is 272 g/mol. The molecule has 0 amide bonds. The maximum Gasteiger partial charge on any atom is 0.194 e. The van der Waals surface area contributed by atoms with Gasteiger partial charge >= 0.3 is 0 Å². The molecule has 2 rings (SSSR count). The maximum atomic E-state index is 5.51. The largest absolute Gasteiger partial charge is 0.308 e. The molecule has 0 unspecified atom stereocenters. The number of rotatable bonds is 5. The zero-order valence-electron chi connectivity index (χ0n) is 11.8. The van der Waals surface area contributed by atoms with Crippen molar-refractivity contribution in [3.63, 3.8) is 0 Å². The third kappa shape index (κ3) is 3.43. The van der Waals surface area contributed by atoms with Crippen LogP contribution in [0.5, 0.6) is 0 Å². The molecule has 7 heteroatoms. The molecule has 0 spiro atoms. The highest BCUT2D eigenvalue weighted by molar-refractivity contribution is 7.99. The SMILES string of the molecule is CCCc1c(NN)ncnc1Sc1nc(C)cc(C)n1. The summed E-state index contributed by atoms with van der Waals surface area (Å²) >= 11 is 1.44. The molecule has 20 heavy (non-hydrogen) atoms. The minimum Gasteiger partial charge on any atom is -0.308 e. The summed E-state index contributed by atoms with van der Waals surface area (Å²) in [5, 5.41) is 1.54. The molecule has 106 valence electrons. The summed E-state index contributed by atoms with van der Waals surface area (Å²) in [5.74, 6) is 6.17. The number of hydrazine groups is 1. The molecule has 0 bridgehead atoms. The van der Waals surface area contributed by atoms with E-state index in [0.29, 0.717) is 11.0 Å². The third-order valence-corrected chi connectivity index (χ3v) is 3.60. The topological polar surface area (TPSA) is 89.6 Å². The number of hydrogen-bond acceptors (Lipinski definition) is 7. The summed E-state index contributed by atoms with van der Waals surface area (Å²) in [5.41, 5.74) is 5.52. The van der Waals surface area contributed by atoms with Gasteiger partial charge in [-0.1, -0.05) is 13.3 Å². The van der Waals surface area contributed by atoms with Crippen LogP contribution in [0.15, 0.2) is 22.6 Å². The summed E-state index contributed by atoms with van der Waals surface area (Å²) in [7, 11) is 0. The number of nitrogens with zero attached hydrogens (tertiary/aromatic N) is 4. The van der Waals surface area contributed by atoms with Crippen LogP contribution in [-0.4, -0.2) is 19.9 Å². The van der Waals surface area contributed by atoms with Crippen LogP contribution in [0, 0.1) is 13.8 Å². The summed E-state index contributed by atoms with van der Waals surface area (Å²) in [6, 6.07) is 1.95. The van der Waals surface area contributed by atoms with E-state index in [-0.39, 0.29) is 0 Å². The molecule has 6 nitrogen and oxygen atoms in total. The van der Waals surface area contributed by atoms with Gasteiger partial charge in [0.25, 0.3) is 0 Å². The van der Waals surface area contributed by atoms with Crippen molar-refractivity contribution in [3.8, 4) is 0 Å². The lowest BCUT2D eigenvalue weighted by Crippen LogP contribution is -2.12. The number of aryl methyl sites for hydroxylation is 2. The molecule has 0 saturated heterocycles. The first-order valence-electron chi connectivity index (χ1n) is 6.44. The highest BCUT2D eigenvalue weighted by Crippen LogP contribution is 2.29. The van der Waals surface area contributed by atoms with Crippen molar-refractivity contribution in [2.45, 2.75) is 43.8 Å². The molecule has 2 aromatic heterocycles. The predicted molar refractivity (Wildman–Crippen MR) is 79.5 cm³/mol. The quantitative estimate of drug-likeness (QED) is 0.378. The fourth-order valence-electron chi connectivity index (χ4n) is 1.91. The van der Waals surface area contributed by atoms with Crippen LogP contribution in [0.3, 0.4) is 0 Å². The Hall–Kier alpha value is -1.73. The highest BCUT2D eigenvalue weighted by Gasteiger charge is 2.13. The van der Waals surface area contributed by atoms with E-state index in [0.717, 1.165) is 34.8 Å². The van der Waals surface area contributed by atoms with Crippen molar-refractivity contribution in [2.75, 3.05) is 5.43 Å². The Morgan fingerprint density at radius 1 is 1.20 bits per heavy atom. The Morgan fingerprint density at radius 2 is 1.90 bits per heavy atom. The number of anilines is 1. The molecule has 0 atom stereocenters. The molecule has 0 aliphatic heterocycles. The summed E-state index contributed by atoms with van der Waals surface area (Å²) in [6.07, 6.45) is 3.34. The maximum absolute atomic E-state index is 5.51. The Kier molecular flexibility index (Phi) is 4.86. The van der Waals surface area contributed by atoms with Crippen LogP contribution >= 0.6 is 11.8 Å². The lowest BCUT2D eigenvalue weighted by Gasteiger charge is -2.11. The molecular formula is C13H18N6S. The van der Waals surface area contributed by atoms with Crippen LogP contribution in [0.25, 0.3) is 0 Å². The van der Waals surface area contributed by atoms with Gasteiger partial charge in [-0.15, -0.1) is 0 Å². The van der Waals surface area contributed by atoms with Gasteiger partial charge in [-0.25, -0.2) is 25.8 Å². The molecule has 0 fully saturated rings. The molecule has 3 N–H and O–H groups in total. The fraction of sp³-hybridized carbons (Fsp3) is 0.385. The lowest BCUT2D eigenvalue weighted by molar-refractivity contribution is 0.848. The van der Waals surface area contributed by atoms with Gasteiger partial charge in [0.1, 0.15) is 17.2 Å². The molecule has 0 saturated carbocycles. The zero-order valence-corrected chi connectivity index (χ0v) is 12.7. The number of nitrogen functional groups attached to an aromatic ring is 1. The van der Waals surface area contributed by atoms with Crippen molar-refractivity contribution in [2.24, 2.45) is 5.84 Å². The van der Waals surface area contributed by atoms with E-state index in [1.807, 2.05) is 19.9 Å². The summed E-state index contributed by atoms with van der Waals surface area (Å²) < 4.78 is 0. The highest BCUT2D eigenvalue weighted by atomic mass is 32.2. The Balaban J connectivity index is 2.37. The first-order valence-corrected chi connectivity index (χ1v) is 7.26. The fourth-order valence-corrected chi connectivity index (χ4v) is 2.88. The normalized spacial score (nSPS) is 10.6. The van der Waals surface area contributed by atoms with Crippen molar-refractivity contribution >= 4 is 17.6 Å². The van der Waals surface area contributed by atoms with Crippen molar-refractivity contribution in [1.82, 2.24) is 19.9 Å². The van der Waals surface area contributed by atoms with Crippen molar-refractivity contribution < 1.29 is 0 Å². The second-order valence-corrected chi connectivity index (χ2v) is 5.39. The summed E-state index contributed by atoms with van der Waals surface area (Å²) in [4.78, 5) is 17.3. The number of hydrogen-bond donors (Lipinski definition) is 2. The average Bonchev–Trinajstić information content (AvgIpc) is 2.39. The van der Waals surface area contributed by atoms with Gasteiger partial charge in [-0.3, -0.25) is 0 Å². The molecule has 0 aliphatic carbocycles. The number of nitrogens with two attached hydrogens (primary N) is 1. The minimum absolute atomic E-state index is 0.661. The monoisotopic (exact) mass is 290 g/mol. The molecule has 0 aromatic carbocycles. The number of aromatic nitrogens is 4. The first kappa shape index (κ1) is 14.7. The van der Waals surface area contributed by atoms with Gasteiger partial charge in [-0.2, -0.15) is 0 Å². The Bertz CT molecular complexity index is 581. The van der Waals surface area contributed by atoms with Gasteiger partial charge < -0.3 is 5.43 Å². The van der Waals surface area contributed by atoms with Crippen LogP contribution in [0.4, 0.5) is 5.82 Å². The van der Waals surface area contributed by atoms with Crippen LogP contribution in [0.1, 0.15) is 30.3 Å². The number of nitrogens with one attached hydrogen (secondary N) is 1. The van der Waals surface area contributed by atoms with Crippen molar-refractivity contribution in [1.29, 1.82) is 0 Å². The van der Waals surface area contributed by atoms with Gasteiger partial charge in [0.05, 0.1) is 0 Å². The second kappa shape index (κ2) is 6.62. The van der Waals surface area contributed by atoms with Gasteiger partial charge in [0.2, 0.25) is 0 Å². The van der Waals surface area contributed by atoms with E-state index >= 15 is 0 Å². The van der Waals surface area contributed by atoms with E-state index in [1.165, 1.54) is 18.1 Å². The van der Waals surface area contributed by atoms with Gasteiger partial charge in [0.15, 0.2) is 5.16 Å². The lowest BCUT2D eigenvalue weighted by atomic mass is 10.2. The van der Waals surface area contributed by atoms with Crippen LogP contribution in [-0.2, 0) is 6.42 Å². The van der Waals surface area contributed by atoms with Crippen LogP contribution < -0.4 is 11.3 Å². The van der Waals surface area contributed by atoms with Gasteiger partial charge in [0, 0.05) is 17.0 Å². The van der Waals surface area contributed by atoms with E-state index in [2.05, 4.69) is 32.3 Å². The minimum atomic E-state index is 0.661. The first-order chi connectivity index (χ1) is 9.63. The van der Waals surface area contributed by atoms with Gasteiger partial charge in [-0.05, 0) is 38.1 Å². The molecule has 2 aromatic rings. The van der Waals surface area contributed by atoms with E-state index in [9.17, 15) is 0 Å². The van der Waals surface area contributed by atoms with Crippen molar-refractivity contribution in [3.05, 3.63) is 29.3 Å². The Morgan fingerprint density at radius 3 is 2.50 bits per heavy atom. The standard InChI is InChI=1S/C13H18N6S/c1-4-5-10-11(19-14)15-7-16-12(10)20-13-17-8(2)6-9(3)18-13/h6-7H,4-5,14H2,1-3H3,(H,15,16,19). The van der Waals surface area contributed by atoms with E-state index in [4.69, 9.17) is 5.84 Å². The summed E-state index contributed by atoms with van der Waals surface area (Å²) in [6.45, 7) is 6.02. The predicted octanol–water partition coefficient (Wildman–Crippen LogP) is 2.27. The average molecular weight is 290 g/mol. The van der Waals surface area contributed by atoms with Crippen LogP contribution in [0.2, 0.25) is 0 Å². The zero-order chi connectivity index (χ0) is 14.5. The molecule has 0 aliphatic rings.